The molecule has 0 radical (unpaired) electrons. The van der Waals surface area contributed by atoms with E-state index in [9.17, 15) is 10.1 Å². The molecule has 0 saturated heterocycles. The number of ether oxygens (including phenoxy) is 1. The Morgan fingerprint density at radius 1 is 1.38 bits per heavy atom. The number of carbonyl (C=O) groups excluding carboxylic acids is 1. The van der Waals surface area contributed by atoms with Crippen LogP contribution in [0.1, 0.15) is 50.6 Å². The van der Waals surface area contributed by atoms with E-state index in [0.29, 0.717) is 16.3 Å². The van der Waals surface area contributed by atoms with Crippen LogP contribution in [0, 0.1) is 18.3 Å². The van der Waals surface area contributed by atoms with E-state index in [4.69, 9.17) is 4.74 Å². The third-order valence-corrected chi connectivity index (χ3v) is 6.22. The van der Waals surface area contributed by atoms with Crippen LogP contribution in [0.3, 0.4) is 0 Å². The first-order valence-corrected chi connectivity index (χ1v) is 10.3. The number of nitriles is 1. The first kappa shape index (κ1) is 19.3. The third kappa shape index (κ3) is 3.67. The van der Waals surface area contributed by atoms with Gasteiger partial charge in [0.1, 0.15) is 16.8 Å². The summed E-state index contributed by atoms with van der Waals surface area (Å²) in [4.78, 5) is 14.2. The van der Waals surface area contributed by atoms with E-state index in [1.54, 1.807) is 11.8 Å². The maximum absolute atomic E-state index is 13.0. The SMILES string of the molecule is COCc1c(C(=O)Nc2sc3c(c2C#N)CCCC3)nnn1-c1cccc(C)c1. The van der Waals surface area contributed by atoms with Gasteiger partial charge in [0, 0.05) is 12.0 Å². The Balaban J connectivity index is 1.68. The van der Waals surface area contributed by atoms with Crippen LogP contribution in [-0.4, -0.2) is 28.0 Å². The van der Waals surface area contributed by atoms with Gasteiger partial charge in [0.05, 0.1) is 17.9 Å². The van der Waals surface area contributed by atoms with Crippen molar-refractivity contribution in [2.24, 2.45) is 0 Å². The highest BCUT2D eigenvalue weighted by Crippen LogP contribution is 2.37. The smallest absolute Gasteiger partial charge is 0.278 e. The first-order chi connectivity index (χ1) is 14.1. The van der Waals surface area contributed by atoms with Gasteiger partial charge in [-0.15, -0.1) is 16.4 Å². The predicted octanol–water partition coefficient (Wildman–Crippen LogP) is 3.79. The van der Waals surface area contributed by atoms with Gasteiger partial charge in [-0.25, -0.2) is 4.68 Å². The van der Waals surface area contributed by atoms with Gasteiger partial charge in [-0.3, -0.25) is 4.79 Å². The minimum atomic E-state index is -0.383. The number of hydrogen-bond donors (Lipinski definition) is 1. The van der Waals surface area contributed by atoms with Crippen LogP contribution >= 0.6 is 11.3 Å². The second-order valence-electron chi connectivity index (χ2n) is 7.05. The molecule has 0 aliphatic heterocycles. The summed E-state index contributed by atoms with van der Waals surface area (Å²) in [6.45, 7) is 2.18. The third-order valence-electron chi connectivity index (χ3n) is 5.02. The van der Waals surface area contributed by atoms with E-state index < -0.39 is 0 Å². The Labute approximate surface area is 172 Å². The Kier molecular flexibility index (Phi) is 5.43. The summed E-state index contributed by atoms with van der Waals surface area (Å²) in [6, 6.07) is 10.1. The molecule has 2 aromatic heterocycles. The van der Waals surface area contributed by atoms with E-state index >= 15 is 0 Å². The molecule has 1 aliphatic rings. The highest BCUT2D eigenvalue weighted by atomic mass is 32.1. The Morgan fingerprint density at radius 3 is 2.97 bits per heavy atom. The number of nitrogens with zero attached hydrogens (tertiary/aromatic N) is 4. The zero-order valence-corrected chi connectivity index (χ0v) is 17.2. The van der Waals surface area contributed by atoms with Crippen molar-refractivity contribution in [3.63, 3.8) is 0 Å². The average molecular weight is 407 g/mol. The first-order valence-electron chi connectivity index (χ1n) is 9.49. The molecule has 29 heavy (non-hydrogen) atoms. The molecule has 8 heteroatoms. The van der Waals surface area contributed by atoms with E-state index in [-0.39, 0.29) is 18.2 Å². The van der Waals surface area contributed by atoms with Gasteiger partial charge in [0.2, 0.25) is 0 Å². The number of hydrogen-bond acceptors (Lipinski definition) is 6. The molecule has 3 aromatic rings. The standard InChI is InChI=1S/C21H21N5O2S/c1-13-6-5-7-14(10-13)26-17(12-28-2)19(24-25-26)20(27)23-21-16(11-22)15-8-3-4-9-18(15)29-21/h5-7,10H,3-4,8-9,12H2,1-2H3,(H,23,27). The highest BCUT2D eigenvalue weighted by Gasteiger charge is 2.25. The molecule has 0 fully saturated rings. The lowest BCUT2D eigenvalue weighted by Gasteiger charge is -2.09. The van der Waals surface area contributed by atoms with Gasteiger partial charge in [-0.1, -0.05) is 17.3 Å². The summed E-state index contributed by atoms with van der Waals surface area (Å²) in [5, 5.41) is 21.4. The second-order valence-corrected chi connectivity index (χ2v) is 8.15. The van der Waals surface area contributed by atoms with Crippen molar-refractivity contribution >= 4 is 22.2 Å². The van der Waals surface area contributed by atoms with Crippen molar-refractivity contribution in [2.75, 3.05) is 12.4 Å². The van der Waals surface area contributed by atoms with Gasteiger partial charge in [0.15, 0.2) is 5.69 Å². The lowest BCUT2D eigenvalue weighted by molar-refractivity contribution is 0.101. The molecule has 1 N–H and O–H groups in total. The molecule has 1 aromatic carbocycles. The maximum atomic E-state index is 13.0. The number of benzene rings is 1. The van der Waals surface area contributed by atoms with Gasteiger partial charge in [0.25, 0.3) is 5.91 Å². The summed E-state index contributed by atoms with van der Waals surface area (Å²) in [7, 11) is 1.57. The predicted molar refractivity (Wildman–Crippen MR) is 110 cm³/mol. The Morgan fingerprint density at radius 2 is 2.21 bits per heavy atom. The molecule has 0 spiro atoms. The van der Waals surface area contributed by atoms with Crippen LogP contribution in [-0.2, 0) is 24.2 Å². The van der Waals surface area contributed by atoms with E-state index in [1.807, 2.05) is 31.2 Å². The zero-order chi connectivity index (χ0) is 20.4. The molecule has 4 rings (SSSR count). The van der Waals surface area contributed by atoms with Crippen molar-refractivity contribution in [1.29, 1.82) is 5.26 Å². The van der Waals surface area contributed by atoms with Gasteiger partial charge in [-0.05, 0) is 55.9 Å². The number of anilines is 1. The molecule has 1 amide bonds. The molecular formula is C21H21N5O2S. The molecule has 2 heterocycles. The molecule has 1 aliphatic carbocycles. The Bertz CT molecular complexity index is 1110. The van der Waals surface area contributed by atoms with Crippen LogP contribution < -0.4 is 5.32 Å². The number of aryl methyl sites for hydroxylation is 2. The average Bonchev–Trinajstić information content (AvgIpc) is 3.29. The number of rotatable bonds is 5. The second kappa shape index (κ2) is 8.15. The fourth-order valence-electron chi connectivity index (χ4n) is 3.65. The lowest BCUT2D eigenvalue weighted by Crippen LogP contribution is -2.16. The monoisotopic (exact) mass is 407 g/mol. The van der Waals surface area contributed by atoms with Crippen molar-refractivity contribution < 1.29 is 9.53 Å². The Hall–Kier alpha value is -3.02. The number of nitrogens with one attached hydrogen (secondary N) is 1. The fourth-order valence-corrected chi connectivity index (χ4v) is 4.88. The minimum absolute atomic E-state index is 0.190. The van der Waals surface area contributed by atoms with Crippen molar-refractivity contribution in [3.05, 3.63) is 57.2 Å². The summed E-state index contributed by atoms with van der Waals surface area (Å²) in [5.74, 6) is -0.383. The number of fused-ring (bicyclic) bond motifs is 1. The number of methoxy groups -OCH3 is 1. The van der Waals surface area contributed by atoms with Crippen LogP contribution in [0.4, 0.5) is 5.00 Å². The summed E-state index contributed by atoms with van der Waals surface area (Å²) in [6.07, 6.45) is 4.05. The highest BCUT2D eigenvalue weighted by molar-refractivity contribution is 7.16. The summed E-state index contributed by atoms with van der Waals surface area (Å²) >= 11 is 1.49. The van der Waals surface area contributed by atoms with E-state index in [0.717, 1.165) is 42.5 Å². The van der Waals surface area contributed by atoms with E-state index in [2.05, 4.69) is 21.7 Å². The maximum Gasteiger partial charge on any atom is 0.278 e. The van der Waals surface area contributed by atoms with E-state index in [1.165, 1.54) is 16.2 Å². The molecule has 0 saturated carbocycles. The largest absolute Gasteiger partial charge is 0.378 e. The van der Waals surface area contributed by atoms with Gasteiger partial charge in [-0.2, -0.15) is 5.26 Å². The molecule has 7 nitrogen and oxygen atoms in total. The van der Waals surface area contributed by atoms with Crippen LogP contribution in [0.25, 0.3) is 5.69 Å². The molecular weight excluding hydrogens is 386 g/mol. The fraction of sp³-hybridized carbons (Fsp3) is 0.333. The topological polar surface area (TPSA) is 92.8 Å². The van der Waals surface area contributed by atoms with Crippen LogP contribution in [0.5, 0.6) is 0 Å². The van der Waals surface area contributed by atoms with Crippen LogP contribution in [0.2, 0.25) is 0 Å². The van der Waals surface area contributed by atoms with Crippen molar-refractivity contribution in [3.8, 4) is 11.8 Å². The molecule has 0 bridgehead atoms. The quantitative estimate of drug-likeness (QED) is 0.695. The van der Waals surface area contributed by atoms with Crippen molar-refractivity contribution in [2.45, 2.75) is 39.2 Å². The van der Waals surface area contributed by atoms with Crippen LogP contribution in [0.15, 0.2) is 24.3 Å². The molecule has 148 valence electrons. The zero-order valence-electron chi connectivity index (χ0n) is 16.4. The van der Waals surface area contributed by atoms with Gasteiger partial charge >= 0.3 is 0 Å². The number of thiophene rings is 1. The lowest BCUT2D eigenvalue weighted by atomic mass is 9.96. The molecule has 0 unspecified atom stereocenters. The summed E-state index contributed by atoms with van der Waals surface area (Å²) in [5.41, 5.74) is 4.32. The van der Waals surface area contributed by atoms with Crippen molar-refractivity contribution in [1.82, 2.24) is 15.0 Å². The summed E-state index contributed by atoms with van der Waals surface area (Å²) < 4.78 is 6.92. The normalized spacial score (nSPS) is 13.0. The van der Waals surface area contributed by atoms with Gasteiger partial charge < -0.3 is 10.1 Å². The number of carbonyl (C=O) groups is 1. The molecule has 0 atom stereocenters. The number of aromatic nitrogens is 3. The number of amides is 1. The minimum Gasteiger partial charge on any atom is -0.378 e.